The third kappa shape index (κ3) is 6.57. The van der Waals surface area contributed by atoms with Crippen LogP contribution >= 0.6 is 0 Å². The fraction of sp³-hybridized carbons (Fsp3) is 0.256. The average Bonchev–Trinajstić information content (AvgIpc) is 3.24. The lowest BCUT2D eigenvalue weighted by atomic mass is 9.98. The van der Waals surface area contributed by atoms with Crippen LogP contribution in [0.5, 0.6) is 5.75 Å². The summed E-state index contributed by atoms with van der Waals surface area (Å²) < 4.78 is 13.3. The fourth-order valence-electron chi connectivity index (χ4n) is 5.58. The lowest BCUT2D eigenvalue weighted by Gasteiger charge is -2.20. The monoisotopic (exact) mass is 586 g/mol. The van der Waals surface area contributed by atoms with Crippen molar-refractivity contribution in [3.05, 3.63) is 131 Å². The van der Waals surface area contributed by atoms with E-state index in [9.17, 15) is 4.79 Å². The molecule has 5 nitrogen and oxygen atoms in total. The topological polar surface area (TPSA) is 52.5 Å². The van der Waals surface area contributed by atoms with Crippen molar-refractivity contribution in [1.82, 2.24) is 9.88 Å². The van der Waals surface area contributed by atoms with Gasteiger partial charge >= 0.3 is 5.97 Å². The number of benzene rings is 4. The number of nitrogens with one attached hydrogen (secondary N) is 1. The molecule has 0 saturated heterocycles. The number of hydrogen-bond donors (Lipinski definition) is 1. The lowest BCUT2D eigenvalue weighted by Crippen LogP contribution is -2.24. The van der Waals surface area contributed by atoms with Gasteiger partial charge in [0.15, 0.2) is 0 Å². The molecule has 0 unspecified atom stereocenters. The fourth-order valence-corrected chi connectivity index (χ4v) is 5.58. The van der Waals surface area contributed by atoms with Gasteiger partial charge < -0.3 is 19.4 Å². The van der Waals surface area contributed by atoms with Gasteiger partial charge in [-0.2, -0.15) is 0 Å². The molecule has 0 saturated carbocycles. The number of esters is 1. The minimum Gasteiger partial charge on any atom is -0.497 e. The van der Waals surface area contributed by atoms with Crippen molar-refractivity contribution in [2.45, 2.75) is 59.7 Å². The van der Waals surface area contributed by atoms with Crippen molar-refractivity contribution in [2.24, 2.45) is 0 Å². The third-order valence-corrected chi connectivity index (χ3v) is 8.15. The first-order valence-corrected chi connectivity index (χ1v) is 15.1. The smallest absolute Gasteiger partial charge is 0.339 e. The number of fused-ring (bicyclic) bond motifs is 1. The predicted octanol–water partition coefficient (Wildman–Crippen LogP) is 9.26. The van der Waals surface area contributed by atoms with Crippen LogP contribution in [0.3, 0.4) is 0 Å². The van der Waals surface area contributed by atoms with Gasteiger partial charge in [-0.1, -0.05) is 67.2 Å². The van der Waals surface area contributed by atoms with E-state index in [-0.39, 0.29) is 12.0 Å². The van der Waals surface area contributed by atoms with Crippen molar-refractivity contribution >= 4 is 22.6 Å². The quantitative estimate of drug-likeness (QED) is 0.175. The number of carbonyl (C=O) groups excluding carboxylic acids is 1. The highest BCUT2D eigenvalue weighted by Crippen LogP contribution is 2.31. The minimum absolute atomic E-state index is 0.107. The molecular weight excluding hydrogens is 544 g/mol. The van der Waals surface area contributed by atoms with Crippen LogP contribution in [0.4, 0.5) is 0 Å². The van der Waals surface area contributed by atoms with Crippen molar-refractivity contribution in [3.8, 4) is 16.9 Å². The van der Waals surface area contributed by atoms with Crippen LogP contribution in [0.15, 0.2) is 97.6 Å². The molecule has 226 valence electrons. The molecule has 44 heavy (non-hydrogen) atoms. The Morgan fingerprint density at radius 2 is 1.61 bits per heavy atom. The lowest BCUT2D eigenvalue weighted by molar-refractivity contribution is 0.00704. The summed E-state index contributed by atoms with van der Waals surface area (Å²) >= 11 is 0. The first-order valence-electron chi connectivity index (χ1n) is 15.1. The molecule has 5 rings (SSSR count). The molecule has 1 aromatic heterocycles. The van der Waals surface area contributed by atoms with Gasteiger partial charge in [-0.15, -0.1) is 0 Å². The summed E-state index contributed by atoms with van der Waals surface area (Å²) in [7, 11) is 1.68. The number of rotatable bonds is 9. The minimum atomic E-state index is -0.552. The van der Waals surface area contributed by atoms with Gasteiger partial charge in [-0.05, 0) is 105 Å². The summed E-state index contributed by atoms with van der Waals surface area (Å²) in [5.74, 6) is 0.537. The molecule has 4 aromatic carbocycles. The highest BCUT2D eigenvalue weighted by Gasteiger charge is 2.21. The van der Waals surface area contributed by atoms with Gasteiger partial charge in [-0.3, -0.25) is 0 Å². The predicted molar refractivity (Wildman–Crippen MR) is 181 cm³/mol. The van der Waals surface area contributed by atoms with Crippen LogP contribution in [0, 0.1) is 13.8 Å². The van der Waals surface area contributed by atoms with Gasteiger partial charge in [0.2, 0.25) is 0 Å². The van der Waals surface area contributed by atoms with Gasteiger partial charge in [0.05, 0.1) is 12.7 Å². The van der Waals surface area contributed by atoms with E-state index in [1.807, 2.05) is 57.2 Å². The Balaban J connectivity index is 1.35. The number of aryl methyl sites for hydroxylation is 1. The zero-order valence-electron chi connectivity index (χ0n) is 26.8. The second-order valence-corrected chi connectivity index (χ2v) is 12.4. The van der Waals surface area contributed by atoms with E-state index in [2.05, 4.69) is 91.8 Å². The summed E-state index contributed by atoms with van der Waals surface area (Å²) in [6.45, 7) is 17.3. The van der Waals surface area contributed by atoms with Gasteiger partial charge in [0.25, 0.3) is 0 Å². The first-order chi connectivity index (χ1) is 20.9. The Kier molecular flexibility index (Phi) is 8.68. The second-order valence-electron chi connectivity index (χ2n) is 12.4. The van der Waals surface area contributed by atoms with Crippen LogP contribution in [0.1, 0.15) is 72.0 Å². The maximum atomic E-state index is 12.9. The van der Waals surface area contributed by atoms with E-state index in [4.69, 9.17) is 9.47 Å². The molecule has 0 aliphatic carbocycles. The molecule has 0 aliphatic heterocycles. The molecule has 0 fully saturated rings. The number of hydrogen-bond acceptors (Lipinski definition) is 4. The van der Waals surface area contributed by atoms with Crippen molar-refractivity contribution in [1.29, 1.82) is 0 Å². The highest BCUT2D eigenvalue weighted by atomic mass is 16.6. The molecule has 0 bridgehead atoms. The molecule has 0 amide bonds. The molecular formula is C39H42N2O3. The van der Waals surface area contributed by atoms with Crippen LogP contribution in [0.2, 0.25) is 0 Å². The Morgan fingerprint density at radius 1 is 0.932 bits per heavy atom. The second kappa shape index (κ2) is 12.5. The first kappa shape index (κ1) is 30.7. The molecule has 0 aliphatic rings. The molecule has 1 heterocycles. The number of ether oxygens (including phenoxy) is 2. The summed E-state index contributed by atoms with van der Waals surface area (Å²) in [6, 6.07) is 30.9. The third-order valence-electron chi connectivity index (χ3n) is 8.15. The number of aromatic nitrogens is 1. The number of nitrogens with zero attached hydrogens (tertiary/aromatic N) is 1. The van der Waals surface area contributed by atoms with Crippen LogP contribution in [-0.4, -0.2) is 23.2 Å². The van der Waals surface area contributed by atoms with Crippen molar-refractivity contribution in [2.75, 3.05) is 7.11 Å². The Morgan fingerprint density at radius 3 is 2.27 bits per heavy atom. The summed E-state index contributed by atoms with van der Waals surface area (Å²) in [4.78, 5) is 12.9. The van der Waals surface area contributed by atoms with Gasteiger partial charge in [0, 0.05) is 34.9 Å². The molecule has 0 radical (unpaired) electrons. The Labute approximate surface area is 261 Å². The SMILES string of the molecule is C=C(N[C@H](C)c1ccc(OC)cc1)c1ccc2c(c1)c(C)c(C)n2Cc1ccc(-c2ccccc2C(=O)OC(C)(C)C)cc1. The molecule has 0 spiro atoms. The van der Waals surface area contributed by atoms with E-state index >= 15 is 0 Å². The van der Waals surface area contributed by atoms with Crippen molar-refractivity contribution in [3.63, 3.8) is 0 Å². The summed E-state index contributed by atoms with van der Waals surface area (Å²) in [5.41, 5.74) is 9.90. The summed E-state index contributed by atoms with van der Waals surface area (Å²) in [5, 5.41) is 4.79. The average molecular weight is 587 g/mol. The largest absolute Gasteiger partial charge is 0.497 e. The van der Waals surface area contributed by atoms with E-state index in [1.165, 1.54) is 33.3 Å². The zero-order chi connectivity index (χ0) is 31.6. The molecule has 5 heteroatoms. The normalized spacial score (nSPS) is 12.2. The molecule has 5 aromatic rings. The summed E-state index contributed by atoms with van der Waals surface area (Å²) in [6.07, 6.45) is 0. The standard InChI is InChI=1S/C39H42N2O3/c1-25-28(4)41(24-29-13-15-31(16-14-29)34-11-9-10-12-35(34)38(42)44-39(5,6)7)37-22-19-32(23-36(25)37)27(3)40-26(2)30-17-20-33(43-8)21-18-30/h9-23,26,40H,3,24H2,1-2,4-8H3/t26-/m1/s1. The van der Waals surface area contributed by atoms with Crippen LogP contribution in [0.25, 0.3) is 27.7 Å². The van der Waals surface area contributed by atoms with Crippen LogP contribution in [-0.2, 0) is 11.3 Å². The van der Waals surface area contributed by atoms with Crippen molar-refractivity contribution < 1.29 is 14.3 Å². The number of carbonyl (C=O) groups is 1. The van der Waals surface area contributed by atoms with E-state index in [0.29, 0.717) is 5.56 Å². The number of methoxy groups -OCH3 is 1. The molecule has 1 atom stereocenters. The van der Waals surface area contributed by atoms with E-state index < -0.39 is 5.60 Å². The maximum absolute atomic E-state index is 12.9. The van der Waals surface area contributed by atoms with E-state index in [0.717, 1.165) is 34.7 Å². The van der Waals surface area contributed by atoms with Gasteiger partial charge in [0.1, 0.15) is 11.4 Å². The van der Waals surface area contributed by atoms with E-state index in [1.54, 1.807) is 7.11 Å². The zero-order valence-corrected chi connectivity index (χ0v) is 26.8. The molecule has 1 N–H and O–H groups in total. The van der Waals surface area contributed by atoms with Crippen LogP contribution < -0.4 is 10.1 Å². The van der Waals surface area contributed by atoms with Gasteiger partial charge in [-0.25, -0.2) is 4.79 Å². The Hall–Kier alpha value is -4.77. The Bertz CT molecular complexity index is 1810. The highest BCUT2D eigenvalue weighted by molar-refractivity contribution is 5.97. The maximum Gasteiger partial charge on any atom is 0.339 e.